The molecule has 34 heteroatoms. The summed E-state index contributed by atoms with van der Waals surface area (Å²) < 4.78 is 44.4. The normalized spacial score (nSPS) is 29.5. The molecule has 11 bridgehead atoms. The third kappa shape index (κ3) is 16.3. The summed E-state index contributed by atoms with van der Waals surface area (Å²) in [6.07, 6.45) is -16.9. The van der Waals surface area contributed by atoms with Gasteiger partial charge in [0.2, 0.25) is 47.5 Å². The third-order valence-electron chi connectivity index (χ3n) is 18.0. The number of carbonyl (C=O) groups excluding carboxylic acids is 6. The van der Waals surface area contributed by atoms with Gasteiger partial charge in [-0.2, -0.15) is 0 Å². The van der Waals surface area contributed by atoms with Gasteiger partial charge >= 0.3 is 5.97 Å². The Morgan fingerprint density at radius 3 is 1.97 bits per heavy atom. The molecule has 18 atom stereocenters. The van der Waals surface area contributed by atoms with Crippen LogP contribution in [0.5, 0.6) is 46.0 Å². The minimum Gasteiger partial charge on any atom is -0.508 e. The fourth-order valence-electron chi connectivity index (χ4n) is 12.8. The lowest BCUT2D eigenvalue weighted by atomic mass is 9.86. The molecule has 7 aliphatic heterocycles. The third-order valence-corrected chi connectivity index (χ3v) is 18.6. The molecule has 2 fully saturated rings. The van der Waals surface area contributed by atoms with Crippen molar-refractivity contribution in [3.63, 3.8) is 0 Å². The number of benzene rings is 5. The molecule has 1 unspecified atom stereocenters. The lowest BCUT2D eigenvalue weighted by molar-refractivity contribution is -0.334. The van der Waals surface area contributed by atoms with Gasteiger partial charge in [0.05, 0.1) is 40.9 Å². The molecule has 5 aromatic rings. The van der Waals surface area contributed by atoms with Crippen molar-refractivity contribution in [2.75, 3.05) is 27.3 Å². The molecule has 7 aliphatic rings. The van der Waals surface area contributed by atoms with Gasteiger partial charge in [0.15, 0.2) is 29.9 Å². The summed E-state index contributed by atoms with van der Waals surface area (Å²) in [6.45, 7) is 5.78. The van der Waals surface area contributed by atoms with Gasteiger partial charge in [0.25, 0.3) is 0 Å². The van der Waals surface area contributed by atoms with Crippen LogP contribution >= 0.6 is 23.2 Å². The minimum atomic E-state index is -2.23. The van der Waals surface area contributed by atoms with Gasteiger partial charge in [-0.1, -0.05) is 55.2 Å². The van der Waals surface area contributed by atoms with E-state index in [2.05, 4.69) is 37.2 Å². The molecule has 0 aliphatic carbocycles. The second-order valence-electron chi connectivity index (χ2n) is 26.0. The summed E-state index contributed by atoms with van der Waals surface area (Å²) in [6, 6.07) is 1.95. The molecular formula is C67H79Cl2N9O23. The van der Waals surface area contributed by atoms with E-state index in [-0.39, 0.29) is 69.2 Å². The van der Waals surface area contributed by atoms with Crippen molar-refractivity contribution in [2.45, 2.75) is 156 Å². The van der Waals surface area contributed by atoms with Crippen molar-refractivity contribution in [1.29, 1.82) is 0 Å². The van der Waals surface area contributed by atoms with Crippen LogP contribution in [-0.2, 0) is 52.5 Å². The van der Waals surface area contributed by atoms with E-state index in [0.717, 1.165) is 36.4 Å². The second-order valence-corrected chi connectivity index (χ2v) is 26.8. The van der Waals surface area contributed by atoms with Crippen molar-refractivity contribution in [1.82, 2.24) is 37.2 Å². The lowest BCUT2D eigenvalue weighted by Crippen LogP contribution is -2.64. The molecule has 32 nitrogen and oxygen atoms in total. The summed E-state index contributed by atoms with van der Waals surface area (Å²) in [5.74, 6) is -12.8. The van der Waals surface area contributed by atoms with Crippen LogP contribution in [0.15, 0.2) is 78.9 Å². The highest BCUT2D eigenvalue weighted by Gasteiger charge is 2.51. The molecule has 0 radical (unpaired) electrons. The van der Waals surface area contributed by atoms with Crippen LogP contribution in [0.25, 0.3) is 11.1 Å². The zero-order chi connectivity index (χ0) is 73.4. The van der Waals surface area contributed by atoms with E-state index in [1.54, 1.807) is 6.92 Å². The number of likely N-dealkylation sites (N-methyl/N-ethyl adjacent to an activating group) is 1. The number of hydrogen-bond acceptors (Lipinski definition) is 25. The Labute approximate surface area is 586 Å². The van der Waals surface area contributed by atoms with Crippen molar-refractivity contribution in [3.8, 4) is 57.1 Å². The molecule has 20 N–H and O–H groups in total. The van der Waals surface area contributed by atoms with E-state index in [9.17, 15) is 69.9 Å². The number of hydrogen-bond donors (Lipinski definition) is 18. The van der Waals surface area contributed by atoms with Gasteiger partial charge in [0.1, 0.15) is 83.4 Å². The number of carboxylic acid groups (broad SMARTS) is 1. The molecule has 12 rings (SSSR count). The minimum absolute atomic E-state index is 0.0443. The number of phenols is 3. The number of primary amides is 1. The first-order valence-electron chi connectivity index (χ1n) is 32.0. The second kappa shape index (κ2) is 30.9. The molecule has 0 spiro atoms. The number of aliphatic carboxylic acids is 1. The number of carbonyl (C=O) groups is 7. The average Bonchev–Trinajstić information content (AvgIpc) is 0.771. The van der Waals surface area contributed by atoms with Crippen LogP contribution < -0.4 is 62.9 Å². The number of methoxy groups -OCH3 is 1. The van der Waals surface area contributed by atoms with E-state index in [4.69, 9.17) is 67.8 Å². The molecule has 0 saturated carbocycles. The van der Waals surface area contributed by atoms with E-state index >= 15 is 9.59 Å². The zero-order valence-corrected chi connectivity index (χ0v) is 56.6. The SMILES string of the molecule is CN[C@H](CC(C)C)C(=O)NC1C(=O)N[C@@H](CC(N)=O)CN[C@H]2C(=O)N[C@H]3C(=O)N[C@H](C(=O)N[C@@H](C(=O)O)c4cc(O)cc(O)c4-c4cc3ccc4O)[C@H](O)c3ccc(c(Cl)c3)Oc3cc2cc(c3O[C@@H]2O[C@H](COC)[C@@H](O)[C@H](O)[C@H]2O[C@H]2C[C@](C)(N)[C@H](O)[C@H](C)O2)Oc2ccc(cc2Cl)[C@H]1O. The number of aliphatic hydroxyl groups excluding tert-OH is 5. The first-order valence-corrected chi connectivity index (χ1v) is 32.8. The van der Waals surface area contributed by atoms with Gasteiger partial charge in [0, 0.05) is 54.8 Å². The Hall–Kier alpha value is -8.71. The fourth-order valence-corrected chi connectivity index (χ4v) is 13.2. The first kappa shape index (κ1) is 75.0. The maximum absolute atomic E-state index is 16.1. The smallest absolute Gasteiger partial charge is 0.330 e. The predicted octanol–water partition coefficient (Wildman–Crippen LogP) is 1.23. The van der Waals surface area contributed by atoms with Crippen LogP contribution in [0, 0.1) is 5.92 Å². The van der Waals surface area contributed by atoms with Crippen molar-refractivity contribution in [3.05, 3.63) is 117 Å². The highest BCUT2D eigenvalue weighted by molar-refractivity contribution is 6.32. The topological polar surface area (TPSA) is 502 Å². The van der Waals surface area contributed by atoms with Crippen LogP contribution in [0.4, 0.5) is 0 Å². The van der Waals surface area contributed by atoms with Gasteiger partial charge in [-0.25, -0.2) is 4.79 Å². The largest absolute Gasteiger partial charge is 0.508 e. The van der Waals surface area contributed by atoms with Crippen molar-refractivity contribution < 1.29 is 113 Å². The summed E-state index contributed by atoms with van der Waals surface area (Å²) in [5.41, 5.74) is 8.85. The fraction of sp³-hybridized carbons (Fsp3) is 0.448. The monoisotopic (exact) mass is 1450 g/mol. The molecule has 5 aromatic carbocycles. The van der Waals surface area contributed by atoms with Crippen LogP contribution in [0.1, 0.15) is 105 Å². The Morgan fingerprint density at radius 1 is 0.743 bits per heavy atom. The summed E-state index contributed by atoms with van der Waals surface area (Å²) in [7, 11) is 2.81. The number of fused-ring (bicyclic) bond motifs is 15. The average molecular weight is 1450 g/mol. The Morgan fingerprint density at radius 2 is 1.38 bits per heavy atom. The Bertz CT molecular complexity index is 4000. The maximum atomic E-state index is 16.1. The zero-order valence-electron chi connectivity index (χ0n) is 55.1. The molecular weight excluding hydrogens is 1370 g/mol. The van der Waals surface area contributed by atoms with E-state index in [1.807, 2.05) is 13.8 Å². The number of carboxylic acids is 1. The molecule has 0 aromatic heterocycles. The summed E-state index contributed by atoms with van der Waals surface area (Å²) in [4.78, 5) is 102. The number of aliphatic hydroxyl groups is 5. The molecule has 101 heavy (non-hydrogen) atoms. The number of nitrogens with two attached hydrogens (primary N) is 2. The van der Waals surface area contributed by atoms with Gasteiger partial charge < -0.3 is 128 Å². The predicted molar refractivity (Wildman–Crippen MR) is 354 cm³/mol. The van der Waals surface area contributed by atoms with Crippen LogP contribution in [0.2, 0.25) is 10.0 Å². The number of nitrogens with one attached hydrogen (secondary N) is 7. The molecule has 7 heterocycles. The van der Waals surface area contributed by atoms with Crippen LogP contribution in [-0.4, -0.2) is 194 Å². The molecule has 544 valence electrons. The quantitative estimate of drug-likeness (QED) is 0.0743. The highest BCUT2D eigenvalue weighted by atomic mass is 35.5. The number of halogens is 2. The van der Waals surface area contributed by atoms with Crippen molar-refractivity contribution >= 4 is 64.6 Å². The standard InChI is InChI=1S/C67H79Cl2N9O23/c1-25(2)13-37(72-5)60(88)77-51-53(83)28-8-11-40(35(68)15-28)97-42-17-30-18-43(57(42)101-66-58(56(86)55(85)44(99-66)24-95-6)100-46-22-67(4,71)59(87)26(3)96-46)98-41-12-9-29(16-36(41)69)54(84)52-64(92)76-50(65(93)94)34-20-32(79)21-39(81)47(34)33-14-27(7-10-38(33)80)49(62(90)78-52)75-61(89)48(30)73-23-31(19-45(70)82)74-63(51)91/h7-12,14-18,20-21,25-26,31,37,44,46,48-56,58-59,66,72-73,79-81,83-87H,13,19,22-24,71H2,1-6H3,(H2,70,82)(H,74,91)(H,75,89)(H,76,92)(H,77,88)(H,78,90)(H,93,94)/t26-,31-,37+,44+,46-,48+,49+,50+,51?,52-,53+,54+,55+,56-,58+,59+,66-,67-/m0/s1. The van der Waals surface area contributed by atoms with Gasteiger partial charge in [-0.3, -0.25) is 28.8 Å². The van der Waals surface area contributed by atoms with E-state index < -0.39 is 215 Å². The van der Waals surface area contributed by atoms with Crippen LogP contribution in [0.3, 0.4) is 0 Å². The number of ether oxygens (including phenoxy) is 7. The summed E-state index contributed by atoms with van der Waals surface area (Å²) >= 11 is 14.2. The van der Waals surface area contributed by atoms with Crippen molar-refractivity contribution in [2.24, 2.45) is 17.4 Å². The Kier molecular flexibility index (Phi) is 22.9. The Balaban J connectivity index is 1.23. The van der Waals surface area contributed by atoms with Gasteiger partial charge in [-0.15, -0.1) is 0 Å². The van der Waals surface area contributed by atoms with Gasteiger partial charge in [-0.05, 0) is 110 Å². The number of rotatable bonds is 14. The van der Waals surface area contributed by atoms with E-state index in [0.29, 0.717) is 0 Å². The molecule has 2 saturated heterocycles. The lowest BCUT2D eigenvalue weighted by Gasteiger charge is -2.47. The summed E-state index contributed by atoms with van der Waals surface area (Å²) in [5, 5.41) is 122. The number of amides is 6. The first-order chi connectivity index (χ1) is 47.7. The maximum Gasteiger partial charge on any atom is 0.330 e. The number of phenolic OH excluding ortho intramolecular Hbond substituents is 3. The molecule has 6 amide bonds. The highest BCUT2D eigenvalue weighted by Crippen LogP contribution is 2.50. The van der Waals surface area contributed by atoms with E-state index in [1.165, 1.54) is 63.5 Å². The number of aromatic hydroxyl groups is 3.